The number of rotatable bonds is 3. The SMILES string of the molecule is Cc1cc(F)cc(NC2(C(=O)O)CC(C)(C)CC2C)c1. The van der Waals surface area contributed by atoms with Gasteiger partial charge >= 0.3 is 5.97 Å². The van der Waals surface area contributed by atoms with Crippen LogP contribution in [0.15, 0.2) is 18.2 Å². The van der Waals surface area contributed by atoms with Crippen LogP contribution >= 0.6 is 0 Å². The zero-order valence-corrected chi connectivity index (χ0v) is 12.5. The summed E-state index contributed by atoms with van der Waals surface area (Å²) in [6.07, 6.45) is 1.37. The van der Waals surface area contributed by atoms with E-state index in [1.807, 2.05) is 6.92 Å². The van der Waals surface area contributed by atoms with Gasteiger partial charge in [0, 0.05) is 5.69 Å². The van der Waals surface area contributed by atoms with Crippen molar-refractivity contribution in [1.29, 1.82) is 0 Å². The fraction of sp³-hybridized carbons (Fsp3) is 0.562. The van der Waals surface area contributed by atoms with Crippen LogP contribution in [0, 0.1) is 24.1 Å². The largest absolute Gasteiger partial charge is 0.479 e. The van der Waals surface area contributed by atoms with Gasteiger partial charge in [-0.25, -0.2) is 9.18 Å². The summed E-state index contributed by atoms with van der Waals surface area (Å²) in [4.78, 5) is 11.8. The standard InChI is InChI=1S/C16H22FNO2/c1-10-5-12(17)7-13(6-10)18-16(14(19)20)9-15(3,4)8-11(16)2/h5-7,11,18H,8-9H2,1-4H3,(H,19,20). The second-order valence-corrected chi connectivity index (χ2v) is 6.86. The number of carboxylic acid groups (broad SMARTS) is 1. The maximum atomic E-state index is 13.5. The molecule has 0 radical (unpaired) electrons. The molecule has 0 aromatic heterocycles. The van der Waals surface area contributed by atoms with E-state index in [2.05, 4.69) is 19.2 Å². The van der Waals surface area contributed by atoms with Gasteiger partial charge in [-0.1, -0.05) is 20.8 Å². The highest BCUT2D eigenvalue weighted by Crippen LogP contribution is 2.49. The molecule has 0 amide bonds. The lowest BCUT2D eigenvalue weighted by molar-refractivity contribution is -0.143. The molecule has 20 heavy (non-hydrogen) atoms. The van der Waals surface area contributed by atoms with Crippen LogP contribution in [0.1, 0.15) is 39.2 Å². The molecule has 2 rings (SSSR count). The minimum absolute atomic E-state index is 0.0152. The maximum Gasteiger partial charge on any atom is 0.329 e. The van der Waals surface area contributed by atoms with Crippen molar-refractivity contribution in [3.63, 3.8) is 0 Å². The fourth-order valence-corrected chi connectivity index (χ4v) is 3.58. The van der Waals surface area contributed by atoms with Crippen LogP contribution in [0.5, 0.6) is 0 Å². The molecule has 2 atom stereocenters. The first-order valence-electron chi connectivity index (χ1n) is 6.93. The Morgan fingerprint density at radius 1 is 1.40 bits per heavy atom. The molecule has 2 N–H and O–H groups in total. The Morgan fingerprint density at radius 3 is 2.50 bits per heavy atom. The van der Waals surface area contributed by atoms with Crippen LogP contribution in [-0.2, 0) is 4.79 Å². The van der Waals surface area contributed by atoms with E-state index in [1.165, 1.54) is 12.1 Å². The van der Waals surface area contributed by atoms with Crippen LogP contribution in [-0.4, -0.2) is 16.6 Å². The Kier molecular flexibility index (Phi) is 3.53. The number of hydrogen-bond acceptors (Lipinski definition) is 2. The molecule has 0 heterocycles. The van der Waals surface area contributed by atoms with E-state index in [-0.39, 0.29) is 17.2 Å². The molecule has 1 aromatic rings. The molecule has 0 aliphatic heterocycles. The van der Waals surface area contributed by atoms with E-state index in [4.69, 9.17) is 0 Å². The van der Waals surface area contributed by atoms with E-state index in [1.54, 1.807) is 13.0 Å². The summed E-state index contributed by atoms with van der Waals surface area (Å²) in [6.45, 7) is 7.89. The molecule has 0 bridgehead atoms. The number of carbonyl (C=O) groups is 1. The molecule has 1 aliphatic carbocycles. The zero-order valence-electron chi connectivity index (χ0n) is 12.5. The van der Waals surface area contributed by atoms with Crippen LogP contribution in [0.25, 0.3) is 0 Å². The molecule has 1 aromatic carbocycles. The highest BCUT2D eigenvalue weighted by atomic mass is 19.1. The molecule has 0 saturated heterocycles. The Hall–Kier alpha value is -1.58. The fourth-order valence-electron chi connectivity index (χ4n) is 3.58. The third kappa shape index (κ3) is 2.65. The summed E-state index contributed by atoms with van der Waals surface area (Å²) in [7, 11) is 0. The van der Waals surface area contributed by atoms with Gasteiger partial charge in [0.25, 0.3) is 0 Å². The number of benzene rings is 1. The van der Waals surface area contributed by atoms with Crippen LogP contribution < -0.4 is 5.32 Å². The molecule has 1 saturated carbocycles. The zero-order chi connectivity index (χ0) is 15.1. The lowest BCUT2D eigenvalue weighted by Gasteiger charge is -2.32. The Balaban J connectivity index is 2.38. The third-order valence-electron chi connectivity index (χ3n) is 4.25. The van der Waals surface area contributed by atoms with Crippen LogP contribution in [0.3, 0.4) is 0 Å². The Bertz CT molecular complexity index is 521. The molecular formula is C16H22FNO2. The van der Waals surface area contributed by atoms with E-state index in [0.29, 0.717) is 12.1 Å². The normalized spacial score (nSPS) is 28.4. The van der Waals surface area contributed by atoms with Crippen molar-refractivity contribution in [3.05, 3.63) is 29.6 Å². The van der Waals surface area contributed by atoms with E-state index in [0.717, 1.165) is 12.0 Å². The molecule has 1 aliphatic rings. The second kappa shape index (κ2) is 4.76. The number of aliphatic carboxylic acids is 1. The molecular weight excluding hydrogens is 257 g/mol. The summed E-state index contributed by atoms with van der Waals surface area (Å²) in [6, 6.07) is 4.57. The molecule has 3 nitrogen and oxygen atoms in total. The first kappa shape index (κ1) is 14.8. The molecule has 2 unspecified atom stereocenters. The topological polar surface area (TPSA) is 49.3 Å². The summed E-state index contributed by atoms with van der Waals surface area (Å²) < 4.78 is 13.5. The van der Waals surface area contributed by atoms with E-state index >= 15 is 0 Å². The van der Waals surface area contributed by atoms with Crippen molar-refractivity contribution in [2.75, 3.05) is 5.32 Å². The van der Waals surface area contributed by atoms with Gasteiger partial charge in [-0.2, -0.15) is 0 Å². The summed E-state index contributed by atoms with van der Waals surface area (Å²) in [5.74, 6) is -1.23. The third-order valence-corrected chi connectivity index (χ3v) is 4.25. The van der Waals surface area contributed by atoms with Crippen molar-refractivity contribution in [2.45, 2.75) is 46.1 Å². The number of carboxylic acids is 1. The molecule has 0 spiro atoms. The van der Waals surface area contributed by atoms with Crippen molar-refractivity contribution in [3.8, 4) is 0 Å². The second-order valence-electron chi connectivity index (χ2n) is 6.86. The summed E-state index contributed by atoms with van der Waals surface area (Å²) in [5, 5.41) is 12.8. The predicted molar refractivity (Wildman–Crippen MR) is 77.3 cm³/mol. The number of hydrogen-bond donors (Lipinski definition) is 2. The average molecular weight is 279 g/mol. The van der Waals surface area contributed by atoms with Gasteiger partial charge in [-0.05, 0) is 54.9 Å². The van der Waals surface area contributed by atoms with Gasteiger partial charge in [0.2, 0.25) is 0 Å². The smallest absolute Gasteiger partial charge is 0.329 e. The average Bonchev–Trinajstić information content (AvgIpc) is 2.47. The minimum Gasteiger partial charge on any atom is -0.479 e. The van der Waals surface area contributed by atoms with Crippen molar-refractivity contribution in [2.24, 2.45) is 11.3 Å². The quantitative estimate of drug-likeness (QED) is 0.884. The maximum absolute atomic E-state index is 13.5. The number of halogens is 1. The Labute approximate surface area is 119 Å². The van der Waals surface area contributed by atoms with Gasteiger partial charge in [0.15, 0.2) is 0 Å². The highest BCUT2D eigenvalue weighted by Gasteiger charge is 2.54. The minimum atomic E-state index is -1.02. The number of nitrogens with one attached hydrogen (secondary N) is 1. The first-order chi connectivity index (χ1) is 9.14. The summed E-state index contributed by atoms with van der Waals surface area (Å²) >= 11 is 0. The lowest BCUT2D eigenvalue weighted by Crippen LogP contribution is -2.49. The van der Waals surface area contributed by atoms with Crippen LogP contribution in [0.4, 0.5) is 10.1 Å². The molecule has 110 valence electrons. The van der Waals surface area contributed by atoms with E-state index in [9.17, 15) is 14.3 Å². The van der Waals surface area contributed by atoms with Gasteiger partial charge in [-0.3, -0.25) is 0 Å². The van der Waals surface area contributed by atoms with E-state index < -0.39 is 11.5 Å². The van der Waals surface area contributed by atoms with Gasteiger partial charge in [0.1, 0.15) is 11.4 Å². The van der Waals surface area contributed by atoms with Gasteiger partial charge in [0.05, 0.1) is 0 Å². The predicted octanol–water partition coefficient (Wildman–Crippen LogP) is 3.83. The van der Waals surface area contributed by atoms with Gasteiger partial charge in [-0.15, -0.1) is 0 Å². The van der Waals surface area contributed by atoms with Crippen molar-refractivity contribution >= 4 is 11.7 Å². The van der Waals surface area contributed by atoms with Crippen molar-refractivity contribution < 1.29 is 14.3 Å². The molecule has 4 heteroatoms. The Morgan fingerprint density at radius 2 is 2.05 bits per heavy atom. The first-order valence-corrected chi connectivity index (χ1v) is 6.93. The monoisotopic (exact) mass is 279 g/mol. The van der Waals surface area contributed by atoms with Crippen LogP contribution in [0.2, 0.25) is 0 Å². The van der Waals surface area contributed by atoms with Crippen molar-refractivity contribution in [1.82, 2.24) is 0 Å². The number of aryl methyl sites for hydroxylation is 1. The molecule has 1 fully saturated rings. The van der Waals surface area contributed by atoms with Gasteiger partial charge < -0.3 is 10.4 Å². The highest BCUT2D eigenvalue weighted by molar-refractivity contribution is 5.84. The number of anilines is 1. The summed E-state index contributed by atoms with van der Waals surface area (Å²) in [5.41, 5.74) is 0.254. The lowest BCUT2D eigenvalue weighted by atomic mass is 9.86.